The van der Waals surface area contributed by atoms with Crippen LogP contribution in [0.1, 0.15) is 31.7 Å². The van der Waals surface area contributed by atoms with E-state index < -0.39 is 6.09 Å². The van der Waals surface area contributed by atoms with Gasteiger partial charge in [0.1, 0.15) is 5.75 Å². The molecule has 2 aliphatic rings. The Morgan fingerprint density at radius 1 is 1.05 bits per heavy atom. The molecular formula is C31H32N6O4. The summed E-state index contributed by atoms with van der Waals surface area (Å²) in [7, 11) is 0. The van der Waals surface area contributed by atoms with Crippen LogP contribution in [0.15, 0.2) is 60.9 Å². The minimum Gasteiger partial charge on any atom is -0.465 e. The number of piperidine rings is 1. The zero-order chi connectivity index (χ0) is 28.5. The third-order valence-electron chi connectivity index (χ3n) is 7.84. The van der Waals surface area contributed by atoms with Gasteiger partial charge in [0.15, 0.2) is 0 Å². The number of pyridine rings is 1. The largest absolute Gasteiger partial charge is 0.465 e. The number of hydrogen-bond donors (Lipinski definition) is 3. The van der Waals surface area contributed by atoms with Crippen molar-refractivity contribution in [2.24, 2.45) is 11.8 Å². The molecule has 2 aromatic heterocycles. The number of carbonyl (C=O) groups is 2. The average Bonchev–Trinajstić information content (AvgIpc) is 3.72. The van der Waals surface area contributed by atoms with E-state index in [9.17, 15) is 14.7 Å². The molecule has 1 aliphatic carbocycles. The molecule has 2 fully saturated rings. The van der Waals surface area contributed by atoms with Crippen molar-refractivity contribution >= 4 is 34.4 Å². The van der Waals surface area contributed by atoms with Crippen LogP contribution >= 0.6 is 0 Å². The van der Waals surface area contributed by atoms with Crippen LogP contribution in [0.25, 0.3) is 22.0 Å². The van der Waals surface area contributed by atoms with Crippen LogP contribution in [0.2, 0.25) is 0 Å². The number of nitrogens with zero attached hydrogens (tertiary/aromatic N) is 4. The molecule has 2 aromatic carbocycles. The molecule has 3 atom stereocenters. The molecule has 10 heteroatoms. The Morgan fingerprint density at radius 3 is 2.71 bits per heavy atom. The van der Waals surface area contributed by atoms with Gasteiger partial charge in [-0.2, -0.15) is 0 Å². The van der Waals surface area contributed by atoms with Gasteiger partial charge in [0.05, 0.1) is 11.3 Å². The summed E-state index contributed by atoms with van der Waals surface area (Å²) < 4.78 is 6.50. The summed E-state index contributed by atoms with van der Waals surface area (Å²) in [6, 6.07) is 15.2. The zero-order valence-electron chi connectivity index (χ0n) is 23.0. The number of carbonyl (C=O) groups excluding carboxylic acids is 1. The molecule has 10 nitrogen and oxygen atoms in total. The van der Waals surface area contributed by atoms with E-state index in [2.05, 4.69) is 27.5 Å². The lowest BCUT2D eigenvalue weighted by molar-refractivity contribution is -0.117. The maximum Gasteiger partial charge on any atom is 0.407 e. The van der Waals surface area contributed by atoms with Gasteiger partial charge in [-0.15, -0.1) is 0 Å². The molecule has 1 aliphatic heterocycles. The van der Waals surface area contributed by atoms with Gasteiger partial charge in [-0.25, -0.2) is 19.7 Å². The Kier molecular flexibility index (Phi) is 7.13. The van der Waals surface area contributed by atoms with Gasteiger partial charge in [-0.05, 0) is 61.9 Å². The number of nitrogens with one attached hydrogen (secondary N) is 2. The van der Waals surface area contributed by atoms with Crippen molar-refractivity contribution in [3.8, 4) is 22.9 Å². The number of aryl methyl sites for hydroxylation is 1. The average molecular weight is 553 g/mol. The van der Waals surface area contributed by atoms with Crippen molar-refractivity contribution in [1.29, 1.82) is 0 Å². The molecule has 0 spiro atoms. The van der Waals surface area contributed by atoms with Crippen LogP contribution in [0.4, 0.5) is 16.4 Å². The Hall–Kier alpha value is -4.73. The Morgan fingerprint density at radius 2 is 1.90 bits per heavy atom. The molecule has 0 bridgehead atoms. The van der Waals surface area contributed by atoms with Gasteiger partial charge >= 0.3 is 6.09 Å². The summed E-state index contributed by atoms with van der Waals surface area (Å²) in [4.78, 5) is 39.1. The normalized spacial score (nSPS) is 20.0. The number of aromatic nitrogens is 3. The topological polar surface area (TPSA) is 130 Å². The minimum absolute atomic E-state index is 0.0529. The van der Waals surface area contributed by atoms with E-state index in [1.54, 1.807) is 18.5 Å². The lowest BCUT2D eigenvalue weighted by Crippen LogP contribution is -2.44. The number of anilines is 2. The van der Waals surface area contributed by atoms with Crippen LogP contribution in [-0.2, 0) is 4.79 Å². The summed E-state index contributed by atoms with van der Waals surface area (Å²) in [6.45, 7) is 4.98. The van der Waals surface area contributed by atoms with E-state index in [0.717, 1.165) is 41.3 Å². The van der Waals surface area contributed by atoms with Crippen LogP contribution in [-0.4, -0.2) is 56.1 Å². The standard InChI is InChI=1S/C31H32N6O4/c1-18-10-11-21-22(7-3-9-25(21)35-28(38)24-16-19(24)2)27(18)41-29-23(8-4-13-32-29)26-12-14-33-30(36-26)34-20-6-5-15-37(17-20)31(39)40/h3-4,7-14,19-20,24H,5-6,15-17H2,1-2H3,(H,35,38)(H,39,40)(H,33,34,36)/t19-,20+,24+/m1/s1. The maximum atomic E-state index is 12.7. The van der Waals surface area contributed by atoms with Gasteiger partial charge in [-0.3, -0.25) is 4.79 Å². The number of hydrogen-bond acceptors (Lipinski definition) is 7. The van der Waals surface area contributed by atoms with E-state index in [-0.39, 0.29) is 17.9 Å². The summed E-state index contributed by atoms with van der Waals surface area (Å²) in [5.74, 6) is 2.01. The van der Waals surface area contributed by atoms with Crippen molar-refractivity contribution in [3.63, 3.8) is 0 Å². The van der Waals surface area contributed by atoms with Crippen molar-refractivity contribution in [2.45, 2.75) is 39.2 Å². The second kappa shape index (κ2) is 11.0. The van der Waals surface area contributed by atoms with Crippen molar-refractivity contribution in [1.82, 2.24) is 19.9 Å². The molecule has 2 amide bonds. The van der Waals surface area contributed by atoms with Gasteiger partial charge in [0.2, 0.25) is 17.7 Å². The summed E-state index contributed by atoms with van der Waals surface area (Å²) in [5, 5.41) is 17.5. The zero-order valence-corrected chi connectivity index (χ0v) is 23.0. The first-order valence-electron chi connectivity index (χ1n) is 13.9. The number of amides is 2. The number of benzene rings is 2. The fourth-order valence-electron chi connectivity index (χ4n) is 5.39. The van der Waals surface area contributed by atoms with E-state index in [1.165, 1.54) is 4.90 Å². The molecule has 4 aromatic rings. The molecule has 0 radical (unpaired) electrons. The fraction of sp³-hybridized carbons (Fsp3) is 0.323. The van der Waals surface area contributed by atoms with E-state index in [0.29, 0.717) is 47.8 Å². The first-order valence-corrected chi connectivity index (χ1v) is 13.9. The lowest BCUT2D eigenvalue weighted by atomic mass is 10.0. The number of ether oxygens (including phenoxy) is 1. The molecule has 6 rings (SSSR count). The van der Waals surface area contributed by atoms with Crippen molar-refractivity contribution in [3.05, 3.63) is 66.5 Å². The molecule has 0 unspecified atom stereocenters. The first-order chi connectivity index (χ1) is 19.9. The minimum atomic E-state index is -0.918. The number of fused-ring (bicyclic) bond motifs is 1. The third kappa shape index (κ3) is 5.63. The van der Waals surface area contributed by atoms with E-state index >= 15 is 0 Å². The predicted molar refractivity (Wildman–Crippen MR) is 156 cm³/mol. The first kappa shape index (κ1) is 26.5. The number of rotatable bonds is 7. The SMILES string of the molecule is Cc1ccc2c(NC(=O)[C@H]3C[C@H]3C)cccc2c1Oc1ncccc1-c1ccnc(N[C@H]2CCCN(C(=O)O)C2)n1. The molecule has 41 heavy (non-hydrogen) atoms. The quantitative estimate of drug-likeness (QED) is 0.257. The Balaban J connectivity index is 1.28. The maximum absolute atomic E-state index is 12.7. The van der Waals surface area contributed by atoms with Crippen molar-refractivity contribution < 1.29 is 19.4 Å². The third-order valence-corrected chi connectivity index (χ3v) is 7.84. The predicted octanol–water partition coefficient (Wildman–Crippen LogP) is 5.94. The fourth-order valence-corrected chi connectivity index (χ4v) is 5.39. The number of likely N-dealkylation sites (tertiary alicyclic amines) is 1. The summed E-state index contributed by atoms with van der Waals surface area (Å²) >= 11 is 0. The highest BCUT2D eigenvalue weighted by Crippen LogP contribution is 2.41. The molecule has 3 N–H and O–H groups in total. The van der Waals surface area contributed by atoms with E-state index in [1.807, 2.05) is 49.4 Å². The van der Waals surface area contributed by atoms with E-state index in [4.69, 9.17) is 9.72 Å². The van der Waals surface area contributed by atoms with Crippen LogP contribution in [0.3, 0.4) is 0 Å². The van der Waals surface area contributed by atoms with Gasteiger partial charge in [-0.1, -0.05) is 31.2 Å². The second-order valence-electron chi connectivity index (χ2n) is 10.9. The molecule has 1 saturated carbocycles. The monoisotopic (exact) mass is 552 g/mol. The Bertz CT molecular complexity index is 1630. The van der Waals surface area contributed by atoms with Gasteiger partial charge in [0, 0.05) is 53.9 Å². The second-order valence-corrected chi connectivity index (χ2v) is 10.9. The highest BCUT2D eigenvalue weighted by molar-refractivity contribution is 6.05. The van der Waals surface area contributed by atoms with Crippen LogP contribution in [0.5, 0.6) is 11.6 Å². The highest BCUT2D eigenvalue weighted by atomic mass is 16.5. The molecule has 1 saturated heterocycles. The van der Waals surface area contributed by atoms with Crippen molar-refractivity contribution in [2.75, 3.05) is 23.7 Å². The van der Waals surface area contributed by atoms with Gasteiger partial charge < -0.3 is 25.4 Å². The molecular weight excluding hydrogens is 520 g/mol. The summed E-state index contributed by atoms with van der Waals surface area (Å²) in [5.41, 5.74) is 3.00. The van der Waals surface area contributed by atoms with Gasteiger partial charge in [0.25, 0.3) is 0 Å². The molecule has 210 valence electrons. The van der Waals surface area contributed by atoms with Crippen LogP contribution in [0, 0.1) is 18.8 Å². The lowest BCUT2D eigenvalue weighted by Gasteiger charge is -2.31. The van der Waals surface area contributed by atoms with Crippen LogP contribution < -0.4 is 15.4 Å². The highest BCUT2D eigenvalue weighted by Gasteiger charge is 2.39. The smallest absolute Gasteiger partial charge is 0.407 e. The number of carboxylic acid groups (broad SMARTS) is 1. The summed E-state index contributed by atoms with van der Waals surface area (Å²) in [6.07, 6.45) is 4.96. The Labute approximate surface area is 237 Å². The molecule has 3 heterocycles.